The number of nitrogens with two attached hydrogens (primary N) is 1. The number of nitriles is 1. The van der Waals surface area contributed by atoms with Gasteiger partial charge in [-0.05, 0) is 42.8 Å². The molecular formula is C21H18BrN3O2. The van der Waals surface area contributed by atoms with Crippen LogP contribution in [-0.2, 0) is 0 Å². The zero-order valence-electron chi connectivity index (χ0n) is 15.2. The molecule has 0 atom stereocenters. The first kappa shape index (κ1) is 18.7. The van der Waals surface area contributed by atoms with Crippen molar-refractivity contribution in [2.75, 3.05) is 20.0 Å². The Hall–Kier alpha value is -3.04. The molecule has 3 aromatic rings. The van der Waals surface area contributed by atoms with Crippen LogP contribution >= 0.6 is 15.9 Å². The number of aryl methyl sites for hydroxylation is 1. The summed E-state index contributed by atoms with van der Waals surface area (Å²) in [6, 6.07) is 15.5. The first-order valence-electron chi connectivity index (χ1n) is 8.18. The summed E-state index contributed by atoms with van der Waals surface area (Å²) < 4.78 is 11.7. The summed E-state index contributed by atoms with van der Waals surface area (Å²) in [4.78, 5) is 4.40. The fraction of sp³-hybridized carbons (Fsp3) is 0.143. The van der Waals surface area contributed by atoms with Gasteiger partial charge in [0.05, 0.1) is 14.2 Å². The average Bonchev–Trinajstić information content (AvgIpc) is 2.67. The number of aromatic nitrogens is 1. The smallest absolute Gasteiger partial charge is 0.142 e. The number of methoxy groups -OCH3 is 2. The Morgan fingerprint density at radius 3 is 2.33 bits per heavy atom. The van der Waals surface area contributed by atoms with Crippen molar-refractivity contribution in [3.8, 4) is 39.8 Å². The first-order chi connectivity index (χ1) is 13.0. The summed E-state index contributed by atoms with van der Waals surface area (Å²) >= 11 is 3.50. The highest BCUT2D eigenvalue weighted by molar-refractivity contribution is 9.10. The van der Waals surface area contributed by atoms with Gasteiger partial charge >= 0.3 is 0 Å². The average molecular weight is 424 g/mol. The minimum atomic E-state index is 0.198. The van der Waals surface area contributed by atoms with E-state index in [1.54, 1.807) is 14.2 Å². The Morgan fingerprint density at radius 2 is 1.74 bits per heavy atom. The van der Waals surface area contributed by atoms with E-state index in [9.17, 15) is 5.26 Å². The molecule has 0 aliphatic rings. The maximum atomic E-state index is 9.80. The molecule has 0 saturated heterocycles. The van der Waals surface area contributed by atoms with E-state index in [-0.39, 0.29) is 5.82 Å². The molecule has 0 amide bonds. The fourth-order valence-electron chi connectivity index (χ4n) is 3.10. The van der Waals surface area contributed by atoms with Crippen LogP contribution in [-0.4, -0.2) is 19.2 Å². The molecule has 0 unspecified atom stereocenters. The van der Waals surface area contributed by atoms with E-state index in [4.69, 9.17) is 15.2 Å². The van der Waals surface area contributed by atoms with Gasteiger partial charge in [-0.1, -0.05) is 28.1 Å². The molecule has 0 aliphatic heterocycles. The molecule has 2 N–H and O–H groups in total. The molecule has 6 heteroatoms. The van der Waals surface area contributed by atoms with E-state index >= 15 is 0 Å². The number of hydrogen-bond donors (Lipinski definition) is 1. The number of pyridine rings is 1. The van der Waals surface area contributed by atoms with Crippen LogP contribution in [0.1, 0.15) is 11.3 Å². The third-order valence-electron chi connectivity index (χ3n) is 4.33. The highest BCUT2D eigenvalue weighted by Crippen LogP contribution is 2.43. The molecule has 5 nitrogen and oxygen atoms in total. The third kappa shape index (κ3) is 3.46. The lowest BCUT2D eigenvalue weighted by atomic mass is 9.89. The van der Waals surface area contributed by atoms with E-state index in [1.165, 1.54) is 0 Å². The number of anilines is 1. The SMILES string of the molecule is COc1ccc(-c2c(C)nc(N)c(C#N)c2-c2cc(Br)ccc2OC)cc1. The zero-order valence-corrected chi connectivity index (χ0v) is 16.8. The van der Waals surface area contributed by atoms with E-state index < -0.39 is 0 Å². The van der Waals surface area contributed by atoms with Crippen molar-refractivity contribution in [3.05, 3.63) is 58.2 Å². The predicted molar refractivity (Wildman–Crippen MR) is 110 cm³/mol. The molecule has 0 aliphatic carbocycles. The van der Waals surface area contributed by atoms with Crippen LogP contribution in [0.25, 0.3) is 22.3 Å². The van der Waals surface area contributed by atoms with Crippen LogP contribution < -0.4 is 15.2 Å². The van der Waals surface area contributed by atoms with Crippen molar-refractivity contribution < 1.29 is 9.47 Å². The number of nitrogens with zero attached hydrogens (tertiary/aromatic N) is 2. The fourth-order valence-corrected chi connectivity index (χ4v) is 3.46. The van der Waals surface area contributed by atoms with Gasteiger partial charge in [0.25, 0.3) is 0 Å². The maximum Gasteiger partial charge on any atom is 0.142 e. The second-order valence-electron chi connectivity index (χ2n) is 5.89. The van der Waals surface area contributed by atoms with Gasteiger partial charge in [0.15, 0.2) is 0 Å². The lowest BCUT2D eigenvalue weighted by Gasteiger charge is -2.18. The molecule has 1 aromatic heterocycles. The Bertz CT molecular complexity index is 1040. The van der Waals surface area contributed by atoms with Crippen LogP contribution in [0.4, 0.5) is 5.82 Å². The molecule has 2 aromatic carbocycles. The van der Waals surface area contributed by atoms with Crippen molar-refractivity contribution in [3.63, 3.8) is 0 Å². The summed E-state index contributed by atoms with van der Waals surface area (Å²) in [5, 5.41) is 9.80. The van der Waals surface area contributed by atoms with Gasteiger partial charge in [0.1, 0.15) is 28.9 Å². The van der Waals surface area contributed by atoms with Crippen molar-refractivity contribution >= 4 is 21.7 Å². The lowest BCUT2D eigenvalue weighted by molar-refractivity contribution is 0.415. The van der Waals surface area contributed by atoms with Crippen LogP contribution in [0, 0.1) is 18.3 Å². The summed E-state index contributed by atoms with van der Waals surface area (Å²) in [5.74, 6) is 1.60. The number of benzene rings is 2. The summed E-state index contributed by atoms with van der Waals surface area (Å²) in [6.45, 7) is 1.88. The van der Waals surface area contributed by atoms with Gasteiger partial charge in [-0.15, -0.1) is 0 Å². The number of rotatable bonds is 4. The van der Waals surface area contributed by atoms with Crippen molar-refractivity contribution in [2.24, 2.45) is 0 Å². The highest BCUT2D eigenvalue weighted by atomic mass is 79.9. The van der Waals surface area contributed by atoms with Crippen molar-refractivity contribution in [1.29, 1.82) is 5.26 Å². The normalized spacial score (nSPS) is 10.3. The molecule has 0 spiro atoms. The second kappa shape index (κ2) is 7.68. The van der Waals surface area contributed by atoms with Gasteiger partial charge in [-0.25, -0.2) is 4.98 Å². The monoisotopic (exact) mass is 423 g/mol. The minimum absolute atomic E-state index is 0.198. The number of nitrogen functional groups attached to an aromatic ring is 1. The molecule has 0 fully saturated rings. The molecular weight excluding hydrogens is 406 g/mol. The topological polar surface area (TPSA) is 81.2 Å². The van der Waals surface area contributed by atoms with Crippen LogP contribution in [0.3, 0.4) is 0 Å². The molecule has 0 saturated carbocycles. The second-order valence-corrected chi connectivity index (χ2v) is 6.81. The molecule has 27 heavy (non-hydrogen) atoms. The highest BCUT2D eigenvalue weighted by Gasteiger charge is 2.22. The Balaban J connectivity index is 2.41. The zero-order chi connectivity index (χ0) is 19.6. The van der Waals surface area contributed by atoms with Crippen molar-refractivity contribution in [1.82, 2.24) is 4.98 Å². The van der Waals surface area contributed by atoms with E-state index in [0.29, 0.717) is 16.9 Å². The standard InChI is InChI=1S/C21H18BrN3O2/c1-12-19(13-4-7-15(26-2)8-5-13)20(17(11-23)21(24)25-12)16-10-14(22)6-9-18(16)27-3/h4-10H,1-3H3,(H2,24,25). The van der Waals surface area contributed by atoms with E-state index in [0.717, 1.165) is 32.6 Å². The Morgan fingerprint density at radius 1 is 1.04 bits per heavy atom. The van der Waals surface area contributed by atoms with Gasteiger partial charge < -0.3 is 15.2 Å². The largest absolute Gasteiger partial charge is 0.497 e. The number of halogens is 1. The van der Waals surface area contributed by atoms with Crippen LogP contribution in [0.15, 0.2) is 46.9 Å². The molecule has 0 bridgehead atoms. The predicted octanol–water partition coefficient (Wildman–Crippen LogP) is 4.96. The molecule has 1 heterocycles. The van der Waals surface area contributed by atoms with Crippen LogP contribution in [0.2, 0.25) is 0 Å². The Labute approximate surface area is 166 Å². The lowest BCUT2D eigenvalue weighted by Crippen LogP contribution is -2.04. The third-order valence-corrected chi connectivity index (χ3v) is 4.82. The maximum absolute atomic E-state index is 9.80. The van der Waals surface area contributed by atoms with Gasteiger partial charge in [0.2, 0.25) is 0 Å². The quantitative estimate of drug-likeness (QED) is 0.641. The first-order valence-corrected chi connectivity index (χ1v) is 8.98. The van der Waals surface area contributed by atoms with Gasteiger partial charge in [-0.3, -0.25) is 0 Å². The summed E-state index contributed by atoms with van der Waals surface area (Å²) in [5.41, 5.74) is 10.4. The Kier molecular flexibility index (Phi) is 5.33. The summed E-state index contributed by atoms with van der Waals surface area (Å²) in [6.07, 6.45) is 0. The van der Waals surface area contributed by atoms with Gasteiger partial charge in [0, 0.05) is 26.9 Å². The van der Waals surface area contributed by atoms with E-state index in [1.807, 2.05) is 49.4 Å². The summed E-state index contributed by atoms with van der Waals surface area (Å²) in [7, 11) is 3.22. The van der Waals surface area contributed by atoms with E-state index in [2.05, 4.69) is 27.0 Å². The number of ether oxygens (including phenoxy) is 2. The molecule has 3 rings (SSSR count). The number of hydrogen-bond acceptors (Lipinski definition) is 5. The molecule has 0 radical (unpaired) electrons. The van der Waals surface area contributed by atoms with Crippen LogP contribution in [0.5, 0.6) is 11.5 Å². The van der Waals surface area contributed by atoms with Gasteiger partial charge in [-0.2, -0.15) is 5.26 Å². The molecule has 136 valence electrons. The minimum Gasteiger partial charge on any atom is -0.497 e. The van der Waals surface area contributed by atoms with Crippen molar-refractivity contribution in [2.45, 2.75) is 6.92 Å².